The van der Waals surface area contributed by atoms with Gasteiger partial charge in [-0.2, -0.15) is 11.8 Å². The SMILES string of the molecule is C=CC1=CC=CCC=CC1SC(C)SC. The maximum atomic E-state index is 3.88. The number of hydrogen-bond donors (Lipinski definition) is 0. The summed E-state index contributed by atoms with van der Waals surface area (Å²) in [6.45, 7) is 6.13. The van der Waals surface area contributed by atoms with Crippen molar-refractivity contribution in [3.8, 4) is 0 Å². The van der Waals surface area contributed by atoms with Gasteiger partial charge in [0.05, 0.1) is 0 Å². The normalized spacial score (nSPS) is 22.8. The zero-order valence-electron chi connectivity index (χ0n) is 9.35. The molecule has 0 aromatic carbocycles. The van der Waals surface area contributed by atoms with Gasteiger partial charge in [0.2, 0.25) is 0 Å². The van der Waals surface area contributed by atoms with Gasteiger partial charge in [-0.3, -0.25) is 0 Å². The van der Waals surface area contributed by atoms with Gasteiger partial charge in [-0.1, -0.05) is 43.0 Å². The Balaban J connectivity index is 2.76. The summed E-state index contributed by atoms with van der Waals surface area (Å²) in [7, 11) is 0. The molecule has 0 N–H and O–H groups in total. The van der Waals surface area contributed by atoms with Gasteiger partial charge >= 0.3 is 0 Å². The Morgan fingerprint density at radius 2 is 2.33 bits per heavy atom. The van der Waals surface area contributed by atoms with Crippen LogP contribution in [0.1, 0.15) is 13.3 Å². The number of rotatable bonds is 4. The van der Waals surface area contributed by atoms with Crippen LogP contribution in [0.15, 0.2) is 48.6 Å². The third-order valence-corrected chi connectivity index (χ3v) is 4.92. The molecule has 0 fully saturated rings. The fraction of sp³-hybridized carbons (Fsp3) is 0.385. The Labute approximate surface area is 102 Å². The molecular weight excluding hydrogens is 220 g/mol. The van der Waals surface area contributed by atoms with Gasteiger partial charge in [-0.15, -0.1) is 11.8 Å². The average molecular weight is 238 g/mol. The monoisotopic (exact) mass is 238 g/mol. The van der Waals surface area contributed by atoms with E-state index in [2.05, 4.69) is 50.1 Å². The third-order valence-electron chi connectivity index (χ3n) is 2.24. The minimum Gasteiger partial charge on any atom is -0.151 e. The lowest BCUT2D eigenvalue weighted by Gasteiger charge is -2.18. The van der Waals surface area contributed by atoms with Gasteiger partial charge in [0.25, 0.3) is 0 Å². The molecule has 0 radical (unpaired) electrons. The smallest absolute Gasteiger partial charge is 0.0488 e. The number of hydrogen-bond acceptors (Lipinski definition) is 2. The fourth-order valence-corrected chi connectivity index (χ4v) is 3.06. The second-order valence-electron chi connectivity index (χ2n) is 3.32. The molecule has 15 heavy (non-hydrogen) atoms. The summed E-state index contributed by atoms with van der Waals surface area (Å²) in [6, 6.07) is 0. The van der Waals surface area contributed by atoms with Crippen LogP contribution in [0, 0.1) is 0 Å². The van der Waals surface area contributed by atoms with Gasteiger partial charge in [0.1, 0.15) is 0 Å². The zero-order valence-corrected chi connectivity index (χ0v) is 11.0. The van der Waals surface area contributed by atoms with E-state index >= 15 is 0 Å². The van der Waals surface area contributed by atoms with Gasteiger partial charge in [0, 0.05) is 9.83 Å². The molecule has 0 aliphatic heterocycles. The number of allylic oxidation sites excluding steroid dienone is 5. The molecule has 0 saturated heterocycles. The second kappa shape index (κ2) is 7.02. The molecule has 0 aromatic heterocycles. The summed E-state index contributed by atoms with van der Waals surface area (Å²) in [5, 5.41) is 0.454. The van der Waals surface area contributed by atoms with Crippen LogP contribution in [0.4, 0.5) is 0 Å². The van der Waals surface area contributed by atoms with E-state index < -0.39 is 0 Å². The molecule has 1 aliphatic rings. The predicted octanol–water partition coefficient (Wildman–Crippen LogP) is 4.43. The van der Waals surface area contributed by atoms with E-state index in [1.807, 2.05) is 29.6 Å². The van der Waals surface area contributed by atoms with Crippen molar-refractivity contribution >= 4 is 23.5 Å². The topological polar surface area (TPSA) is 0 Å². The molecule has 0 aromatic rings. The fourth-order valence-electron chi connectivity index (χ4n) is 1.31. The third kappa shape index (κ3) is 4.35. The van der Waals surface area contributed by atoms with Crippen molar-refractivity contribution in [3.63, 3.8) is 0 Å². The van der Waals surface area contributed by atoms with Gasteiger partial charge in [-0.05, 0) is 25.2 Å². The highest BCUT2D eigenvalue weighted by Gasteiger charge is 2.13. The lowest BCUT2D eigenvalue weighted by Crippen LogP contribution is -2.06. The summed E-state index contributed by atoms with van der Waals surface area (Å²) >= 11 is 3.87. The summed E-state index contributed by atoms with van der Waals surface area (Å²) in [6.07, 6.45) is 16.1. The minimum atomic E-state index is 0.454. The lowest BCUT2D eigenvalue weighted by atomic mass is 10.1. The first-order chi connectivity index (χ1) is 7.27. The summed E-state index contributed by atoms with van der Waals surface area (Å²) in [5.41, 5.74) is 1.30. The van der Waals surface area contributed by atoms with Gasteiger partial charge in [0.15, 0.2) is 0 Å². The van der Waals surface area contributed by atoms with Gasteiger partial charge < -0.3 is 0 Å². The molecule has 2 unspecified atom stereocenters. The van der Waals surface area contributed by atoms with E-state index in [9.17, 15) is 0 Å². The molecule has 1 rings (SSSR count). The second-order valence-corrected chi connectivity index (χ2v) is 6.29. The maximum Gasteiger partial charge on any atom is 0.0488 e. The molecule has 0 heterocycles. The van der Waals surface area contributed by atoms with E-state index in [0.717, 1.165) is 6.42 Å². The van der Waals surface area contributed by atoms with E-state index in [1.54, 1.807) is 0 Å². The Hall–Kier alpha value is -0.340. The Morgan fingerprint density at radius 1 is 1.53 bits per heavy atom. The first-order valence-corrected chi connectivity index (χ1v) is 7.35. The molecule has 0 nitrogen and oxygen atoms in total. The Morgan fingerprint density at radius 3 is 3.00 bits per heavy atom. The molecule has 82 valence electrons. The maximum absolute atomic E-state index is 3.88. The Kier molecular flexibility index (Phi) is 5.96. The minimum absolute atomic E-state index is 0.454. The Bertz CT molecular complexity index is 287. The molecule has 0 spiro atoms. The molecule has 0 bridgehead atoms. The van der Waals surface area contributed by atoms with Crippen molar-refractivity contribution in [2.24, 2.45) is 0 Å². The summed E-state index contributed by atoms with van der Waals surface area (Å²) in [4.78, 5) is 0. The summed E-state index contributed by atoms with van der Waals surface area (Å²) in [5.74, 6) is 0. The van der Waals surface area contributed by atoms with Crippen molar-refractivity contribution in [2.75, 3.05) is 6.26 Å². The van der Waals surface area contributed by atoms with Crippen LogP contribution in [-0.2, 0) is 0 Å². The van der Waals surface area contributed by atoms with Crippen molar-refractivity contribution < 1.29 is 0 Å². The highest BCUT2D eigenvalue weighted by molar-refractivity contribution is 8.17. The van der Waals surface area contributed by atoms with Crippen molar-refractivity contribution in [1.82, 2.24) is 0 Å². The van der Waals surface area contributed by atoms with Crippen LogP contribution in [0.5, 0.6) is 0 Å². The van der Waals surface area contributed by atoms with Crippen molar-refractivity contribution in [2.45, 2.75) is 23.2 Å². The van der Waals surface area contributed by atoms with Crippen LogP contribution in [0.3, 0.4) is 0 Å². The standard InChI is InChI=1S/C13H18S2/c1-4-12-9-7-5-6-8-10-13(12)15-11(2)14-3/h4-5,7-11,13H,1,6H2,2-3H3. The van der Waals surface area contributed by atoms with E-state index in [1.165, 1.54) is 5.57 Å². The zero-order chi connectivity index (χ0) is 11.1. The van der Waals surface area contributed by atoms with Crippen molar-refractivity contribution in [1.29, 1.82) is 0 Å². The molecule has 2 heteroatoms. The summed E-state index contributed by atoms with van der Waals surface area (Å²) < 4.78 is 0.617. The van der Waals surface area contributed by atoms with Crippen LogP contribution in [0.2, 0.25) is 0 Å². The highest BCUT2D eigenvalue weighted by atomic mass is 32.2. The van der Waals surface area contributed by atoms with E-state index in [0.29, 0.717) is 9.83 Å². The first-order valence-electron chi connectivity index (χ1n) is 5.12. The van der Waals surface area contributed by atoms with E-state index in [4.69, 9.17) is 0 Å². The molecule has 0 amide bonds. The quantitative estimate of drug-likeness (QED) is 0.525. The number of thioether (sulfide) groups is 2. The average Bonchev–Trinajstić information content (AvgIpc) is 2.22. The largest absolute Gasteiger partial charge is 0.151 e. The lowest BCUT2D eigenvalue weighted by molar-refractivity contribution is 1.24. The highest BCUT2D eigenvalue weighted by Crippen LogP contribution is 2.31. The predicted molar refractivity (Wildman–Crippen MR) is 75.5 cm³/mol. The van der Waals surface area contributed by atoms with Gasteiger partial charge in [-0.25, -0.2) is 0 Å². The van der Waals surface area contributed by atoms with Crippen LogP contribution in [0.25, 0.3) is 0 Å². The molecule has 2 atom stereocenters. The van der Waals surface area contributed by atoms with E-state index in [-0.39, 0.29) is 0 Å². The van der Waals surface area contributed by atoms with Crippen LogP contribution < -0.4 is 0 Å². The molecule has 1 aliphatic carbocycles. The first kappa shape index (κ1) is 12.7. The van der Waals surface area contributed by atoms with Crippen LogP contribution >= 0.6 is 23.5 Å². The molecular formula is C13H18S2. The van der Waals surface area contributed by atoms with Crippen LogP contribution in [-0.4, -0.2) is 16.1 Å². The van der Waals surface area contributed by atoms with Crippen molar-refractivity contribution in [3.05, 3.63) is 48.6 Å². The molecule has 0 saturated carbocycles.